The fourth-order valence-corrected chi connectivity index (χ4v) is 7.28. The summed E-state index contributed by atoms with van der Waals surface area (Å²) in [6, 6.07) is 0. The molecule has 1 rings (SSSR count). The molecule has 0 aromatic carbocycles. The molecule has 11 nitrogen and oxygen atoms in total. The number of furan rings is 1. The number of quaternary nitrogens is 1. The third kappa shape index (κ3) is 32.0. The number of hydrogen-bond donors (Lipinski definition) is 1. The molecule has 1 unspecified atom stereocenters. The Morgan fingerprint density at radius 3 is 1.82 bits per heavy atom. The number of allylic oxidation sites excluding steroid dienone is 7. The minimum atomic E-state index is -4.66. The molecule has 0 aliphatic carbocycles. The Labute approximate surface area is 376 Å². The maximum atomic E-state index is 12.8. The fraction of sp³-hybridized carbons (Fsp3) is 0.720. The molecule has 0 saturated heterocycles. The van der Waals surface area contributed by atoms with Crippen LogP contribution in [0.5, 0.6) is 0 Å². The fourth-order valence-electron chi connectivity index (χ4n) is 6.55. The number of carbonyl (C=O) groups excluding carboxylic acids is 2. The summed E-state index contributed by atoms with van der Waals surface area (Å²) < 4.78 is 40.2. The van der Waals surface area contributed by atoms with Gasteiger partial charge >= 0.3 is 11.9 Å². The Morgan fingerprint density at radius 1 is 0.694 bits per heavy atom. The number of carbonyl (C=O) groups is 2. The SMILES string of the molecule is CCCCCc1oc(CCCCCCCCCCC(=O)O[C@H](COC(=O)CCC/C=C\C/C=C\C/C=C\C/C=C\[C@@H](O)CCCC)COP(=O)([O-])OCC[N+](C)(C)C)c(C)c1C. The number of esters is 2. The number of aliphatic hydroxyl groups excluding tert-OH is 1. The van der Waals surface area contributed by atoms with E-state index in [4.69, 9.17) is 22.9 Å². The lowest BCUT2D eigenvalue weighted by Crippen LogP contribution is -2.37. The van der Waals surface area contributed by atoms with Crippen molar-refractivity contribution in [1.82, 2.24) is 0 Å². The predicted octanol–water partition coefficient (Wildman–Crippen LogP) is 11.5. The minimum Gasteiger partial charge on any atom is -0.756 e. The van der Waals surface area contributed by atoms with E-state index in [0.29, 0.717) is 30.3 Å². The first-order chi connectivity index (χ1) is 29.7. The molecule has 0 amide bonds. The smallest absolute Gasteiger partial charge is 0.306 e. The Kier molecular flexibility index (Phi) is 32.8. The summed E-state index contributed by atoms with van der Waals surface area (Å²) in [4.78, 5) is 37.7. The third-order valence-electron chi connectivity index (χ3n) is 10.6. The summed E-state index contributed by atoms with van der Waals surface area (Å²) >= 11 is 0. The Balaban J connectivity index is 2.39. The summed E-state index contributed by atoms with van der Waals surface area (Å²) in [6.07, 6.45) is 35.9. The second-order valence-electron chi connectivity index (χ2n) is 17.5. The van der Waals surface area contributed by atoms with Crippen LogP contribution in [-0.4, -0.2) is 81.2 Å². The van der Waals surface area contributed by atoms with Crippen LogP contribution in [-0.2, 0) is 45.5 Å². The summed E-state index contributed by atoms with van der Waals surface area (Å²) in [7, 11) is 1.08. The number of ether oxygens (including phenoxy) is 2. The zero-order valence-corrected chi connectivity index (χ0v) is 40.8. The lowest BCUT2D eigenvalue weighted by Gasteiger charge is -2.28. The number of aliphatic hydroxyl groups is 1. The van der Waals surface area contributed by atoms with Crippen molar-refractivity contribution in [1.29, 1.82) is 0 Å². The van der Waals surface area contributed by atoms with E-state index in [9.17, 15) is 24.2 Å². The Morgan fingerprint density at radius 2 is 1.23 bits per heavy atom. The van der Waals surface area contributed by atoms with Gasteiger partial charge < -0.3 is 37.4 Å². The molecule has 0 bridgehead atoms. The molecule has 356 valence electrons. The van der Waals surface area contributed by atoms with Gasteiger partial charge in [0, 0.05) is 25.7 Å². The van der Waals surface area contributed by atoms with Crippen LogP contribution in [0.3, 0.4) is 0 Å². The van der Waals surface area contributed by atoms with Crippen molar-refractivity contribution in [3.8, 4) is 0 Å². The first-order valence-electron chi connectivity index (χ1n) is 23.8. The monoisotopic (exact) mass is 892 g/mol. The van der Waals surface area contributed by atoms with Gasteiger partial charge in [0.05, 0.1) is 33.9 Å². The highest BCUT2D eigenvalue weighted by atomic mass is 31.2. The normalized spacial score (nSPS) is 14.4. The molecule has 0 aliphatic rings. The molecule has 3 atom stereocenters. The number of nitrogens with zero attached hydrogens (tertiary/aromatic N) is 1. The quantitative estimate of drug-likeness (QED) is 0.0223. The van der Waals surface area contributed by atoms with Gasteiger partial charge in [-0.2, -0.15) is 0 Å². The van der Waals surface area contributed by atoms with Crippen molar-refractivity contribution in [2.45, 2.75) is 188 Å². The molecular weight excluding hydrogens is 806 g/mol. The van der Waals surface area contributed by atoms with Crippen LogP contribution in [0.25, 0.3) is 0 Å². The molecule has 0 aliphatic heterocycles. The predicted molar refractivity (Wildman–Crippen MR) is 250 cm³/mol. The van der Waals surface area contributed by atoms with E-state index in [2.05, 4.69) is 58.1 Å². The van der Waals surface area contributed by atoms with Gasteiger partial charge in [0.1, 0.15) is 31.3 Å². The van der Waals surface area contributed by atoms with Gasteiger partial charge in [-0.25, -0.2) is 0 Å². The van der Waals surface area contributed by atoms with Crippen LogP contribution in [0.2, 0.25) is 0 Å². The molecule has 0 spiro atoms. The van der Waals surface area contributed by atoms with Crippen molar-refractivity contribution in [2.75, 3.05) is 47.5 Å². The van der Waals surface area contributed by atoms with Crippen LogP contribution in [0.4, 0.5) is 0 Å². The first-order valence-corrected chi connectivity index (χ1v) is 25.3. The lowest BCUT2D eigenvalue weighted by atomic mass is 10.0. The van der Waals surface area contributed by atoms with E-state index in [1.165, 1.54) is 43.2 Å². The number of hydrogen-bond acceptors (Lipinski definition) is 10. The zero-order chi connectivity index (χ0) is 45.9. The van der Waals surface area contributed by atoms with Gasteiger partial charge in [-0.3, -0.25) is 14.2 Å². The number of rotatable bonds is 39. The van der Waals surface area contributed by atoms with E-state index in [0.717, 1.165) is 95.0 Å². The van der Waals surface area contributed by atoms with Gasteiger partial charge in [0.15, 0.2) is 6.10 Å². The highest BCUT2D eigenvalue weighted by molar-refractivity contribution is 7.45. The number of phosphoric acid groups is 1. The Bertz CT molecular complexity index is 1490. The largest absolute Gasteiger partial charge is 0.756 e. The molecule has 1 heterocycles. The van der Waals surface area contributed by atoms with Crippen molar-refractivity contribution >= 4 is 19.8 Å². The van der Waals surface area contributed by atoms with Crippen LogP contribution < -0.4 is 4.89 Å². The molecule has 0 radical (unpaired) electrons. The highest BCUT2D eigenvalue weighted by Crippen LogP contribution is 2.38. The molecule has 1 aromatic heterocycles. The van der Waals surface area contributed by atoms with Crippen LogP contribution in [0.1, 0.15) is 171 Å². The second-order valence-corrected chi connectivity index (χ2v) is 18.9. The molecule has 12 heteroatoms. The number of aryl methyl sites for hydroxylation is 2. The minimum absolute atomic E-state index is 0.0550. The molecule has 0 saturated carbocycles. The summed E-state index contributed by atoms with van der Waals surface area (Å²) in [5, 5.41) is 9.83. The van der Waals surface area contributed by atoms with Crippen LogP contribution in [0.15, 0.2) is 53.0 Å². The topological polar surface area (TPSA) is 145 Å². The molecule has 0 fully saturated rings. The zero-order valence-electron chi connectivity index (χ0n) is 39.9. The van der Waals surface area contributed by atoms with Gasteiger partial charge in [0.25, 0.3) is 7.82 Å². The highest BCUT2D eigenvalue weighted by Gasteiger charge is 2.22. The second kappa shape index (κ2) is 35.5. The van der Waals surface area contributed by atoms with E-state index < -0.39 is 32.5 Å². The van der Waals surface area contributed by atoms with Crippen molar-refractivity contribution in [3.63, 3.8) is 0 Å². The average Bonchev–Trinajstić information content (AvgIpc) is 3.49. The van der Waals surface area contributed by atoms with Crippen LogP contribution in [0, 0.1) is 13.8 Å². The molecule has 1 aromatic rings. The average molecular weight is 892 g/mol. The first kappa shape index (κ1) is 57.2. The Hall–Kier alpha value is -2.79. The molecular formula is C50H86NO10P. The number of phosphoric ester groups is 1. The number of unbranched alkanes of at least 4 members (excludes halogenated alkanes) is 11. The van der Waals surface area contributed by atoms with Crippen molar-refractivity contribution < 1.29 is 51.6 Å². The van der Waals surface area contributed by atoms with E-state index in [-0.39, 0.29) is 32.2 Å². The third-order valence-corrected chi connectivity index (χ3v) is 11.6. The molecule has 62 heavy (non-hydrogen) atoms. The maximum absolute atomic E-state index is 12.8. The van der Waals surface area contributed by atoms with E-state index >= 15 is 0 Å². The van der Waals surface area contributed by atoms with Gasteiger partial charge in [-0.1, -0.05) is 127 Å². The standard InChI is InChI=1S/C50H86NO10P/c1-8-10-28-35-47-43(3)44(4)48(61-47)36-30-25-21-18-19-23-27-32-38-50(54)60-46(42-59-62(55,56)58-40-39-51(5,6)7)41-57-49(53)37-31-26-22-17-15-13-12-14-16-20-24-29-34-45(52)33-11-9-2/h12-13,16-17,20,22,29,34,45-46,52H,8-11,14-15,18-19,21,23-28,30-33,35-42H2,1-7H3/b13-12-,20-16-,22-17-,34-29-/t45-,46+/m0/s1. The van der Waals surface area contributed by atoms with Gasteiger partial charge in [0.2, 0.25) is 0 Å². The van der Waals surface area contributed by atoms with Crippen molar-refractivity contribution in [3.05, 3.63) is 71.3 Å². The summed E-state index contributed by atoms with van der Waals surface area (Å²) in [6.45, 7) is 8.28. The van der Waals surface area contributed by atoms with E-state index in [1.807, 2.05) is 39.4 Å². The summed E-state index contributed by atoms with van der Waals surface area (Å²) in [5.74, 6) is 1.37. The van der Waals surface area contributed by atoms with Crippen LogP contribution >= 0.6 is 7.82 Å². The molecule has 1 N–H and O–H groups in total. The maximum Gasteiger partial charge on any atom is 0.306 e. The number of likely N-dealkylation sites (N-methyl/N-ethyl adjacent to an activating group) is 1. The van der Waals surface area contributed by atoms with E-state index in [1.54, 1.807) is 0 Å². The van der Waals surface area contributed by atoms with Gasteiger partial charge in [-0.15, -0.1) is 0 Å². The van der Waals surface area contributed by atoms with Gasteiger partial charge in [-0.05, 0) is 82.8 Å². The summed E-state index contributed by atoms with van der Waals surface area (Å²) in [5.41, 5.74) is 2.64. The van der Waals surface area contributed by atoms with Crippen molar-refractivity contribution in [2.24, 2.45) is 0 Å². The lowest BCUT2D eigenvalue weighted by molar-refractivity contribution is -0.870.